The highest BCUT2D eigenvalue weighted by Crippen LogP contribution is 2.25. The Morgan fingerprint density at radius 2 is 1.74 bits per heavy atom. The normalized spacial score (nSPS) is 11.5. The van der Waals surface area contributed by atoms with Gasteiger partial charge in [0, 0.05) is 11.8 Å². The average molecular weight is 382 g/mol. The van der Waals surface area contributed by atoms with E-state index >= 15 is 0 Å². The fourth-order valence-electron chi connectivity index (χ4n) is 2.43. The Bertz CT molecular complexity index is 899. The van der Waals surface area contributed by atoms with Crippen LogP contribution in [0, 0.1) is 0 Å². The lowest BCUT2D eigenvalue weighted by Gasteiger charge is -2.16. The minimum atomic E-state index is -0.696. The van der Waals surface area contributed by atoms with Gasteiger partial charge in [0.1, 0.15) is 18.1 Å². The van der Waals surface area contributed by atoms with Crippen LogP contribution in [0.3, 0.4) is 0 Å². The van der Waals surface area contributed by atoms with Crippen molar-refractivity contribution < 1.29 is 14.3 Å². The van der Waals surface area contributed by atoms with E-state index in [1.807, 2.05) is 42.5 Å². The Balaban J connectivity index is 1.58. The monoisotopic (exact) mass is 381 g/mol. The zero-order chi connectivity index (χ0) is 19.1. The van der Waals surface area contributed by atoms with Gasteiger partial charge in [-0.2, -0.15) is 0 Å². The molecule has 5 heteroatoms. The van der Waals surface area contributed by atoms with Gasteiger partial charge in [0.05, 0.1) is 5.02 Å². The van der Waals surface area contributed by atoms with Crippen LogP contribution in [-0.2, 0) is 11.4 Å². The average Bonchev–Trinajstić information content (AvgIpc) is 2.69. The van der Waals surface area contributed by atoms with Crippen LogP contribution in [0.5, 0.6) is 11.5 Å². The summed E-state index contributed by atoms with van der Waals surface area (Å²) in [5, 5.41) is 3.30. The van der Waals surface area contributed by atoms with Crippen LogP contribution in [0.15, 0.2) is 78.9 Å². The fourth-order valence-corrected chi connectivity index (χ4v) is 2.61. The summed E-state index contributed by atoms with van der Waals surface area (Å²) in [4.78, 5) is 12.4. The van der Waals surface area contributed by atoms with Gasteiger partial charge in [-0.15, -0.1) is 0 Å². The molecule has 0 heterocycles. The highest BCUT2D eigenvalue weighted by Gasteiger charge is 2.16. The van der Waals surface area contributed by atoms with Crippen molar-refractivity contribution in [2.24, 2.45) is 0 Å². The number of halogens is 1. The third kappa shape index (κ3) is 5.50. The fraction of sp³-hybridized carbons (Fsp3) is 0.136. The molecule has 1 N–H and O–H groups in total. The molecule has 0 aliphatic carbocycles. The number of carbonyl (C=O) groups is 1. The number of nitrogens with one attached hydrogen (secondary N) is 1. The Labute approximate surface area is 163 Å². The van der Waals surface area contributed by atoms with E-state index in [0.29, 0.717) is 28.8 Å². The summed E-state index contributed by atoms with van der Waals surface area (Å²) < 4.78 is 11.4. The minimum absolute atomic E-state index is 0.268. The number of benzene rings is 3. The van der Waals surface area contributed by atoms with Gasteiger partial charge >= 0.3 is 0 Å². The molecule has 1 amide bonds. The molecule has 0 bridgehead atoms. The van der Waals surface area contributed by atoms with E-state index in [1.165, 1.54) is 0 Å². The first-order valence-corrected chi connectivity index (χ1v) is 8.98. The summed E-state index contributed by atoms with van der Waals surface area (Å²) in [5.41, 5.74) is 1.72. The van der Waals surface area contributed by atoms with Crippen LogP contribution in [0.2, 0.25) is 5.02 Å². The molecule has 3 aromatic carbocycles. The van der Waals surface area contributed by atoms with Crippen molar-refractivity contribution in [2.45, 2.75) is 19.6 Å². The zero-order valence-corrected chi connectivity index (χ0v) is 15.6. The highest BCUT2D eigenvalue weighted by molar-refractivity contribution is 6.32. The third-order valence-electron chi connectivity index (χ3n) is 3.86. The first-order chi connectivity index (χ1) is 13.1. The van der Waals surface area contributed by atoms with Gasteiger partial charge in [0.2, 0.25) is 0 Å². The Morgan fingerprint density at radius 3 is 2.52 bits per heavy atom. The minimum Gasteiger partial charge on any atom is -0.489 e. The van der Waals surface area contributed by atoms with E-state index in [2.05, 4.69) is 5.32 Å². The lowest BCUT2D eigenvalue weighted by molar-refractivity contribution is -0.122. The molecular formula is C22H20ClNO3. The van der Waals surface area contributed by atoms with Crippen molar-refractivity contribution in [3.63, 3.8) is 0 Å². The number of ether oxygens (including phenoxy) is 2. The van der Waals surface area contributed by atoms with Crippen molar-refractivity contribution in [1.29, 1.82) is 0 Å². The van der Waals surface area contributed by atoms with E-state index in [-0.39, 0.29) is 5.91 Å². The molecule has 0 saturated heterocycles. The number of rotatable bonds is 7. The number of hydrogen-bond acceptors (Lipinski definition) is 3. The van der Waals surface area contributed by atoms with Crippen LogP contribution in [-0.4, -0.2) is 12.0 Å². The smallest absolute Gasteiger partial charge is 0.265 e. The van der Waals surface area contributed by atoms with E-state index < -0.39 is 6.10 Å². The molecule has 0 radical (unpaired) electrons. The van der Waals surface area contributed by atoms with Crippen LogP contribution in [0.25, 0.3) is 0 Å². The molecule has 1 atom stereocenters. The number of hydrogen-bond donors (Lipinski definition) is 1. The van der Waals surface area contributed by atoms with Crippen LogP contribution in [0.1, 0.15) is 12.5 Å². The quantitative estimate of drug-likeness (QED) is 0.602. The van der Waals surface area contributed by atoms with Crippen molar-refractivity contribution in [3.05, 3.63) is 89.4 Å². The summed E-state index contributed by atoms with van der Waals surface area (Å²) in [5.74, 6) is 0.883. The van der Waals surface area contributed by atoms with Crippen LogP contribution >= 0.6 is 11.6 Å². The first kappa shape index (κ1) is 18.8. The highest BCUT2D eigenvalue weighted by atomic mass is 35.5. The SMILES string of the molecule is CC(Oc1ccccc1Cl)C(=O)Nc1cccc(OCc2ccccc2)c1. The summed E-state index contributed by atoms with van der Waals surface area (Å²) in [6.07, 6.45) is -0.696. The molecule has 27 heavy (non-hydrogen) atoms. The molecule has 4 nitrogen and oxygen atoms in total. The lowest BCUT2D eigenvalue weighted by atomic mass is 10.2. The molecule has 0 aliphatic rings. The Hall–Kier alpha value is -2.98. The Morgan fingerprint density at radius 1 is 1.00 bits per heavy atom. The predicted molar refractivity (Wildman–Crippen MR) is 107 cm³/mol. The van der Waals surface area contributed by atoms with Gasteiger partial charge in [-0.25, -0.2) is 0 Å². The van der Waals surface area contributed by atoms with Gasteiger partial charge in [0.15, 0.2) is 6.10 Å². The molecule has 0 aliphatic heterocycles. The summed E-state index contributed by atoms with van der Waals surface area (Å²) >= 11 is 6.07. The lowest BCUT2D eigenvalue weighted by Crippen LogP contribution is -2.30. The van der Waals surface area contributed by atoms with Crippen LogP contribution < -0.4 is 14.8 Å². The maximum Gasteiger partial charge on any atom is 0.265 e. The van der Waals surface area contributed by atoms with E-state index in [1.54, 1.807) is 43.3 Å². The van der Waals surface area contributed by atoms with Crippen molar-refractivity contribution in [3.8, 4) is 11.5 Å². The van der Waals surface area contributed by atoms with Crippen molar-refractivity contribution in [1.82, 2.24) is 0 Å². The van der Waals surface area contributed by atoms with Gasteiger partial charge in [-0.3, -0.25) is 4.79 Å². The van der Waals surface area contributed by atoms with E-state index in [4.69, 9.17) is 21.1 Å². The molecule has 1 unspecified atom stereocenters. The number of amides is 1. The Kier molecular flexibility index (Phi) is 6.34. The number of anilines is 1. The maximum atomic E-state index is 12.4. The second-order valence-electron chi connectivity index (χ2n) is 5.98. The summed E-state index contributed by atoms with van der Waals surface area (Å²) in [6, 6.07) is 24.2. The number of para-hydroxylation sites is 1. The summed E-state index contributed by atoms with van der Waals surface area (Å²) in [7, 11) is 0. The van der Waals surface area contributed by atoms with Crippen molar-refractivity contribution >= 4 is 23.2 Å². The summed E-state index contributed by atoms with van der Waals surface area (Å²) in [6.45, 7) is 2.14. The first-order valence-electron chi connectivity index (χ1n) is 8.60. The maximum absolute atomic E-state index is 12.4. The molecule has 0 fully saturated rings. The van der Waals surface area contributed by atoms with Crippen LogP contribution in [0.4, 0.5) is 5.69 Å². The third-order valence-corrected chi connectivity index (χ3v) is 4.17. The predicted octanol–water partition coefficient (Wildman–Crippen LogP) is 5.33. The zero-order valence-electron chi connectivity index (χ0n) is 14.9. The molecule has 3 rings (SSSR count). The molecule has 0 spiro atoms. The van der Waals surface area contributed by atoms with Gasteiger partial charge < -0.3 is 14.8 Å². The second kappa shape index (κ2) is 9.10. The number of carbonyl (C=O) groups excluding carboxylic acids is 1. The van der Waals surface area contributed by atoms with Gasteiger partial charge in [-0.1, -0.05) is 60.1 Å². The van der Waals surface area contributed by atoms with E-state index in [0.717, 1.165) is 5.56 Å². The second-order valence-corrected chi connectivity index (χ2v) is 6.39. The molecule has 0 aromatic heterocycles. The molecule has 138 valence electrons. The molecular weight excluding hydrogens is 362 g/mol. The van der Waals surface area contributed by atoms with Crippen molar-refractivity contribution in [2.75, 3.05) is 5.32 Å². The van der Waals surface area contributed by atoms with Gasteiger partial charge in [0.25, 0.3) is 5.91 Å². The molecule has 0 saturated carbocycles. The largest absolute Gasteiger partial charge is 0.489 e. The van der Waals surface area contributed by atoms with Gasteiger partial charge in [-0.05, 0) is 36.8 Å². The molecule has 3 aromatic rings. The topological polar surface area (TPSA) is 47.6 Å². The van der Waals surface area contributed by atoms with E-state index in [9.17, 15) is 4.79 Å². The standard InChI is InChI=1S/C22H20ClNO3/c1-16(27-21-13-6-5-12-20(21)23)22(25)24-18-10-7-11-19(14-18)26-15-17-8-3-2-4-9-17/h2-14,16H,15H2,1H3,(H,24,25).